The predicted octanol–water partition coefficient (Wildman–Crippen LogP) is 4.62. The minimum absolute atomic E-state index is 0.0155. The van der Waals surface area contributed by atoms with Crippen LogP contribution in [0.5, 0.6) is 5.75 Å². The molecule has 0 radical (unpaired) electrons. The first-order valence-electron chi connectivity index (χ1n) is 9.41. The number of halogens is 2. The fourth-order valence-corrected chi connectivity index (χ4v) is 3.14. The van der Waals surface area contributed by atoms with E-state index in [0.717, 1.165) is 4.57 Å². The average Bonchev–Trinajstić information content (AvgIpc) is 3.35. The molecule has 0 saturated heterocycles. The maximum absolute atomic E-state index is 13.7. The Morgan fingerprint density at radius 2 is 1.87 bits per heavy atom. The van der Waals surface area contributed by atoms with E-state index < -0.39 is 18.6 Å². The number of para-hydroxylation sites is 3. The van der Waals surface area contributed by atoms with Gasteiger partial charge in [-0.25, -0.2) is 9.78 Å². The summed E-state index contributed by atoms with van der Waals surface area (Å²) in [6, 6.07) is 12.9. The van der Waals surface area contributed by atoms with Gasteiger partial charge >= 0.3 is 12.5 Å². The van der Waals surface area contributed by atoms with Gasteiger partial charge in [0.2, 0.25) is 11.7 Å². The third kappa shape index (κ3) is 4.23. The van der Waals surface area contributed by atoms with Crippen molar-refractivity contribution in [1.29, 1.82) is 0 Å². The Balaban J connectivity index is 1.55. The molecule has 0 aliphatic heterocycles. The molecule has 0 spiro atoms. The summed E-state index contributed by atoms with van der Waals surface area (Å²) in [5, 5.41) is 3.73. The summed E-state index contributed by atoms with van der Waals surface area (Å²) in [4.78, 5) is 21.0. The second-order valence-corrected chi connectivity index (χ2v) is 6.67. The minimum Gasteiger partial charge on any atom is -0.485 e. The van der Waals surface area contributed by atoms with Crippen LogP contribution in [-0.4, -0.2) is 25.7 Å². The lowest BCUT2D eigenvalue weighted by Crippen LogP contribution is -2.15. The minimum atomic E-state index is -2.84. The van der Waals surface area contributed by atoms with Crippen molar-refractivity contribution < 1.29 is 27.6 Å². The van der Waals surface area contributed by atoms with E-state index in [0.29, 0.717) is 17.2 Å². The first kappa shape index (κ1) is 20.5. The molecule has 2 aromatic heterocycles. The summed E-state index contributed by atoms with van der Waals surface area (Å²) in [5.41, 5.74) is 0.781. The van der Waals surface area contributed by atoms with Gasteiger partial charge in [0, 0.05) is 6.92 Å². The van der Waals surface area contributed by atoms with Crippen molar-refractivity contribution in [2.75, 3.05) is 0 Å². The van der Waals surface area contributed by atoms with Gasteiger partial charge in [-0.1, -0.05) is 29.4 Å². The second-order valence-electron chi connectivity index (χ2n) is 6.67. The van der Waals surface area contributed by atoms with E-state index in [1.807, 2.05) is 0 Å². The van der Waals surface area contributed by atoms with Crippen LogP contribution in [0.15, 0.2) is 53.1 Å². The van der Waals surface area contributed by atoms with E-state index >= 15 is 0 Å². The van der Waals surface area contributed by atoms with Crippen molar-refractivity contribution in [3.63, 3.8) is 0 Å². The van der Waals surface area contributed by atoms with Gasteiger partial charge in [-0.15, -0.1) is 0 Å². The van der Waals surface area contributed by atoms with Crippen LogP contribution in [0.4, 0.5) is 8.78 Å². The van der Waals surface area contributed by atoms with Gasteiger partial charge in [0.05, 0.1) is 11.0 Å². The third-order valence-corrected chi connectivity index (χ3v) is 4.50. The summed E-state index contributed by atoms with van der Waals surface area (Å²) in [6.45, 7) is 0.287. The lowest BCUT2D eigenvalue weighted by Gasteiger charge is -2.16. The molecular formula is C21H18F2N4O4. The Morgan fingerprint density at radius 1 is 1.13 bits per heavy atom. The number of ether oxygens (including phenoxy) is 2. The standard InChI is InChI=1S/C21H18F2N4O4/c1-12(19-25-15-8-4-5-9-16(15)27(19)21(22)23)30-20(28)14-7-3-6-10-17(14)29-11-18-24-13(2)31-26-18/h3-10,12,21H,11H2,1-2H3. The normalized spacial score (nSPS) is 12.3. The number of hydrogen-bond donors (Lipinski definition) is 0. The number of carbonyl (C=O) groups is 1. The molecule has 31 heavy (non-hydrogen) atoms. The quantitative estimate of drug-likeness (QED) is 0.397. The topological polar surface area (TPSA) is 92.3 Å². The van der Waals surface area contributed by atoms with Crippen LogP contribution in [0.25, 0.3) is 11.0 Å². The number of benzene rings is 2. The molecule has 0 fully saturated rings. The number of aromatic nitrogens is 4. The van der Waals surface area contributed by atoms with E-state index in [4.69, 9.17) is 14.0 Å². The van der Waals surface area contributed by atoms with Crippen LogP contribution < -0.4 is 4.74 Å². The van der Waals surface area contributed by atoms with Gasteiger partial charge < -0.3 is 14.0 Å². The number of alkyl halides is 2. The number of imidazole rings is 1. The molecule has 0 amide bonds. The highest BCUT2D eigenvalue weighted by molar-refractivity contribution is 5.92. The molecule has 0 aliphatic carbocycles. The Bertz CT molecular complexity index is 1220. The summed E-state index contributed by atoms with van der Waals surface area (Å²) in [6.07, 6.45) is -1.03. The monoisotopic (exact) mass is 428 g/mol. The smallest absolute Gasteiger partial charge is 0.342 e. The Kier molecular flexibility index (Phi) is 5.61. The zero-order valence-corrected chi connectivity index (χ0v) is 16.7. The van der Waals surface area contributed by atoms with Crippen molar-refractivity contribution in [2.45, 2.75) is 33.1 Å². The largest absolute Gasteiger partial charge is 0.485 e. The Labute approximate surface area is 175 Å². The number of hydrogen-bond acceptors (Lipinski definition) is 7. The summed E-state index contributed by atoms with van der Waals surface area (Å²) in [5.74, 6) is 0.164. The van der Waals surface area contributed by atoms with Gasteiger partial charge in [0.15, 0.2) is 18.5 Å². The Morgan fingerprint density at radius 3 is 2.61 bits per heavy atom. The van der Waals surface area contributed by atoms with Gasteiger partial charge in [-0.3, -0.25) is 4.57 Å². The van der Waals surface area contributed by atoms with Crippen LogP contribution in [0.3, 0.4) is 0 Å². The molecule has 2 aromatic carbocycles. The van der Waals surface area contributed by atoms with Crippen molar-refractivity contribution in [1.82, 2.24) is 19.7 Å². The van der Waals surface area contributed by atoms with E-state index in [1.165, 1.54) is 19.1 Å². The van der Waals surface area contributed by atoms with Gasteiger partial charge in [-0.05, 0) is 31.2 Å². The summed E-state index contributed by atoms with van der Waals surface area (Å²) < 4.78 is 44.1. The molecule has 4 aromatic rings. The van der Waals surface area contributed by atoms with E-state index in [1.54, 1.807) is 43.3 Å². The molecule has 0 saturated carbocycles. The average molecular weight is 428 g/mol. The zero-order valence-electron chi connectivity index (χ0n) is 16.7. The molecule has 4 rings (SSSR count). The highest BCUT2D eigenvalue weighted by atomic mass is 19.3. The summed E-state index contributed by atoms with van der Waals surface area (Å²) >= 11 is 0. The van der Waals surface area contributed by atoms with Crippen molar-refractivity contribution in [2.24, 2.45) is 0 Å². The SMILES string of the molecule is Cc1nc(COc2ccccc2C(=O)OC(C)c2nc3ccccc3n2C(F)F)no1. The van der Waals surface area contributed by atoms with Crippen LogP contribution in [0.1, 0.15) is 47.5 Å². The van der Waals surface area contributed by atoms with Crippen LogP contribution in [0.2, 0.25) is 0 Å². The van der Waals surface area contributed by atoms with Gasteiger partial charge in [0.25, 0.3) is 0 Å². The number of rotatable bonds is 7. The van der Waals surface area contributed by atoms with E-state index in [9.17, 15) is 13.6 Å². The first-order chi connectivity index (χ1) is 14.9. The van der Waals surface area contributed by atoms with Crippen molar-refractivity contribution in [3.8, 4) is 5.75 Å². The van der Waals surface area contributed by atoms with Crippen molar-refractivity contribution in [3.05, 3.63) is 71.6 Å². The predicted molar refractivity (Wildman–Crippen MR) is 105 cm³/mol. The van der Waals surface area contributed by atoms with Crippen LogP contribution >= 0.6 is 0 Å². The van der Waals surface area contributed by atoms with E-state index in [-0.39, 0.29) is 29.3 Å². The molecule has 1 unspecified atom stereocenters. The van der Waals surface area contributed by atoms with Gasteiger partial charge in [0.1, 0.15) is 11.3 Å². The number of fused-ring (bicyclic) bond motifs is 1. The number of aryl methyl sites for hydroxylation is 1. The second kappa shape index (κ2) is 8.50. The van der Waals surface area contributed by atoms with Crippen LogP contribution in [-0.2, 0) is 11.3 Å². The molecule has 1 atom stereocenters. The highest BCUT2D eigenvalue weighted by Gasteiger charge is 2.25. The maximum Gasteiger partial charge on any atom is 0.342 e. The molecule has 0 bridgehead atoms. The molecule has 2 heterocycles. The fourth-order valence-electron chi connectivity index (χ4n) is 3.14. The number of nitrogens with zero attached hydrogens (tertiary/aromatic N) is 4. The van der Waals surface area contributed by atoms with Gasteiger partial charge in [-0.2, -0.15) is 13.8 Å². The highest BCUT2D eigenvalue weighted by Crippen LogP contribution is 2.29. The summed E-state index contributed by atoms with van der Waals surface area (Å²) in [7, 11) is 0. The fraction of sp³-hybridized carbons (Fsp3) is 0.238. The lowest BCUT2D eigenvalue weighted by molar-refractivity contribution is 0.0229. The molecule has 160 valence electrons. The molecule has 0 N–H and O–H groups in total. The zero-order chi connectivity index (χ0) is 22.0. The maximum atomic E-state index is 13.7. The third-order valence-electron chi connectivity index (χ3n) is 4.50. The Hall–Kier alpha value is -3.82. The molecule has 10 heteroatoms. The number of carbonyl (C=O) groups excluding carboxylic acids is 1. The van der Waals surface area contributed by atoms with Crippen LogP contribution in [0, 0.1) is 6.92 Å². The number of esters is 1. The lowest BCUT2D eigenvalue weighted by atomic mass is 10.2. The molecule has 8 nitrogen and oxygen atoms in total. The van der Waals surface area contributed by atoms with Crippen molar-refractivity contribution >= 4 is 17.0 Å². The molecular weight excluding hydrogens is 410 g/mol. The van der Waals surface area contributed by atoms with E-state index in [2.05, 4.69) is 15.1 Å². The first-order valence-corrected chi connectivity index (χ1v) is 9.41. The molecule has 0 aliphatic rings.